The zero-order valence-corrected chi connectivity index (χ0v) is 14.0. The van der Waals surface area contributed by atoms with Gasteiger partial charge in [0, 0.05) is 0 Å². The number of ether oxygens (including phenoxy) is 1. The lowest BCUT2D eigenvalue weighted by atomic mass is 9.83. The number of rotatable bonds is 7. The average Bonchev–Trinajstić information content (AvgIpc) is 2.43. The van der Waals surface area contributed by atoms with Gasteiger partial charge in [0.1, 0.15) is 5.75 Å². The summed E-state index contributed by atoms with van der Waals surface area (Å²) in [5, 5.41) is 18.6. The normalized spacial score (nSPS) is 14.8. The van der Waals surface area contributed by atoms with E-state index in [1.165, 1.54) is 11.1 Å². The third-order valence-corrected chi connectivity index (χ3v) is 3.68. The van der Waals surface area contributed by atoms with Crippen molar-refractivity contribution in [2.45, 2.75) is 64.9 Å². The molecule has 0 amide bonds. The Morgan fingerprint density at radius 1 is 1.24 bits per heavy atom. The Labute approximate surface area is 129 Å². The molecule has 2 unspecified atom stereocenters. The largest absolute Gasteiger partial charge is 0.493 e. The van der Waals surface area contributed by atoms with Gasteiger partial charge in [-0.15, -0.1) is 0 Å². The number of benzene rings is 1. The second-order valence-corrected chi connectivity index (χ2v) is 6.83. The van der Waals surface area contributed by atoms with Crippen molar-refractivity contribution < 1.29 is 14.9 Å². The van der Waals surface area contributed by atoms with Crippen molar-refractivity contribution in [3.05, 3.63) is 29.3 Å². The van der Waals surface area contributed by atoms with Crippen LogP contribution in [-0.2, 0) is 5.41 Å². The molecule has 0 saturated carbocycles. The van der Waals surface area contributed by atoms with E-state index in [-0.39, 0.29) is 17.9 Å². The van der Waals surface area contributed by atoms with Crippen LogP contribution in [0.15, 0.2) is 18.2 Å². The van der Waals surface area contributed by atoms with E-state index in [0.717, 1.165) is 18.8 Å². The lowest BCUT2D eigenvalue weighted by Gasteiger charge is -2.25. The van der Waals surface area contributed by atoms with Crippen molar-refractivity contribution in [2.75, 3.05) is 13.2 Å². The van der Waals surface area contributed by atoms with Crippen LogP contribution in [0.5, 0.6) is 5.75 Å². The highest BCUT2D eigenvalue weighted by molar-refractivity contribution is 5.42. The SMILES string of the molecule is CCCOc1ccc(C(C)CC(O)CO)cc1C(C)(C)C. The number of aliphatic hydroxyl groups is 2. The Balaban J connectivity index is 3.03. The van der Waals surface area contributed by atoms with E-state index < -0.39 is 6.10 Å². The fourth-order valence-electron chi connectivity index (χ4n) is 2.40. The second-order valence-electron chi connectivity index (χ2n) is 6.83. The standard InChI is InChI=1S/C18H30O3/c1-6-9-21-17-8-7-14(11-16(17)18(3,4)5)13(2)10-15(20)12-19/h7-8,11,13,15,19-20H,6,9-10,12H2,1-5H3. The molecular weight excluding hydrogens is 264 g/mol. The average molecular weight is 294 g/mol. The van der Waals surface area contributed by atoms with E-state index in [2.05, 4.69) is 46.8 Å². The minimum Gasteiger partial charge on any atom is -0.493 e. The summed E-state index contributed by atoms with van der Waals surface area (Å²) < 4.78 is 5.86. The van der Waals surface area contributed by atoms with E-state index in [0.29, 0.717) is 6.42 Å². The van der Waals surface area contributed by atoms with Gasteiger partial charge in [0.2, 0.25) is 0 Å². The van der Waals surface area contributed by atoms with Crippen LogP contribution in [0.25, 0.3) is 0 Å². The first kappa shape index (κ1) is 18.0. The fraction of sp³-hybridized carbons (Fsp3) is 0.667. The fourth-order valence-corrected chi connectivity index (χ4v) is 2.40. The Morgan fingerprint density at radius 3 is 2.43 bits per heavy atom. The topological polar surface area (TPSA) is 49.7 Å². The summed E-state index contributed by atoms with van der Waals surface area (Å²) in [7, 11) is 0. The molecule has 0 fully saturated rings. The van der Waals surface area contributed by atoms with E-state index in [1.807, 2.05) is 6.07 Å². The van der Waals surface area contributed by atoms with Crippen molar-refractivity contribution in [3.8, 4) is 5.75 Å². The molecule has 1 rings (SSSR count). The zero-order chi connectivity index (χ0) is 16.0. The van der Waals surface area contributed by atoms with Crippen LogP contribution in [0, 0.1) is 0 Å². The predicted molar refractivity (Wildman–Crippen MR) is 87.1 cm³/mol. The number of aliphatic hydroxyl groups excluding tert-OH is 2. The molecule has 0 aliphatic carbocycles. The molecule has 3 nitrogen and oxygen atoms in total. The Morgan fingerprint density at radius 2 is 1.90 bits per heavy atom. The highest BCUT2D eigenvalue weighted by atomic mass is 16.5. The van der Waals surface area contributed by atoms with Crippen molar-refractivity contribution >= 4 is 0 Å². The lowest BCUT2D eigenvalue weighted by molar-refractivity contribution is 0.0835. The van der Waals surface area contributed by atoms with Gasteiger partial charge in [0.05, 0.1) is 19.3 Å². The monoisotopic (exact) mass is 294 g/mol. The van der Waals surface area contributed by atoms with Crippen molar-refractivity contribution in [3.63, 3.8) is 0 Å². The summed E-state index contributed by atoms with van der Waals surface area (Å²) in [5.41, 5.74) is 2.38. The molecule has 120 valence electrons. The molecular formula is C18H30O3. The molecule has 0 aliphatic rings. The van der Waals surface area contributed by atoms with Crippen LogP contribution in [-0.4, -0.2) is 29.5 Å². The molecule has 0 radical (unpaired) electrons. The lowest BCUT2D eigenvalue weighted by Crippen LogP contribution is -2.17. The summed E-state index contributed by atoms with van der Waals surface area (Å²) in [6.45, 7) is 11.3. The Bertz CT molecular complexity index is 435. The molecule has 0 aromatic heterocycles. The zero-order valence-electron chi connectivity index (χ0n) is 14.0. The molecule has 0 aliphatic heterocycles. The Kier molecular flexibility index (Phi) is 6.69. The van der Waals surface area contributed by atoms with E-state index >= 15 is 0 Å². The summed E-state index contributed by atoms with van der Waals surface area (Å²) >= 11 is 0. The van der Waals surface area contributed by atoms with E-state index in [4.69, 9.17) is 9.84 Å². The van der Waals surface area contributed by atoms with Crippen LogP contribution >= 0.6 is 0 Å². The highest BCUT2D eigenvalue weighted by Gasteiger charge is 2.21. The van der Waals surface area contributed by atoms with Crippen molar-refractivity contribution in [1.82, 2.24) is 0 Å². The third kappa shape index (κ3) is 5.33. The summed E-state index contributed by atoms with van der Waals surface area (Å²) in [6, 6.07) is 6.28. The van der Waals surface area contributed by atoms with Gasteiger partial charge >= 0.3 is 0 Å². The summed E-state index contributed by atoms with van der Waals surface area (Å²) in [4.78, 5) is 0. The van der Waals surface area contributed by atoms with Gasteiger partial charge in [-0.05, 0) is 41.4 Å². The van der Waals surface area contributed by atoms with Gasteiger partial charge in [0.25, 0.3) is 0 Å². The van der Waals surface area contributed by atoms with Crippen LogP contribution in [0.3, 0.4) is 0 Å². The molecule has 3 heteroatoms. The van der Waals surface area contributed by atoms with Gasteiger partial charge in [-0.3, -0.25) is 0 Å². The van der Waals surface area contributed by atoms with Crippen molar-refractivity contribution in [1.29, 1.82) is 0 Å². The molecule has 0 saturated heterocycles. The quantitative estimate of drug-likeness (QED) is 0.807. The van der Waals surface area contributed by atoms with Crippen LogP contribution in [0.4, 0.5) is 0 Å². The summed E-state index contributed by atoms with van der Waals surface area (Å²) in [5.74, 6) is 1.15. The number of hydrogen-bond donors (Lipinski definition) is 2. The predicted octanol–water partition coefficient (Wildman–Crippen LogP) is 3.62. The van der Waals surface area contributed by atoms with E-state index in [9.17, 15) is 5.11 Å². The van der Waals surface area contributed by atoms with Gasteiger partial charge < -0.3 is 14.9 Å². The van der Waals surface area contributed by atoms with Crippen LogP contribution in [0.2, 0.25) is 0 Å². The van der Waals surface area contributed by atoms with Crippen LogP contribution < -0.4 is 4.74 Å². The number of hydrogen-bond acceptors (Lipinski definition) is 3. The maximum Gasteiger partial charge on any atom is 0.123 e. The molecule has 1 aromatic carbocycles. The van der Waals surface area contributed by atoms with Crippen LogP contribution in [0.1, 0.15) is 64.5 Å². The van der Waals surface area contributed by atoms with Gasteiger partial charge in [-0.2, -0.15) is 0 Å². The minimum absolute atomic E-state index is 0.00833. The second kappa shape index (κ2) is 7.81. The first-order chi connectivity index (χ1) is 9.79. The smallest absolute Gasteiger partial charge is 0.123 e. The molecule has 1 aromatic rings. The summed E-state index contributed by atoms with van der Waals surface area (Å²) in [6.07, 6.45) is 0.897. The third-order valence-electron chi connectivity index (χ3n) is 3.68. The molecule has 2 N–H and O–H groups in total. The molecule has 0 spiro atoms. The maximum atomic E-state index is 9.61. The van der Waals surface area contributed by atoms with Gasteiger partial charge in [-0.25, -0.2) is 0 Å². The van der Waals surface area contributed by atoms with Gasteiger partial charge in [0.15, 0.2) is 0 Å². The molecule has 0 heterocycles. The van der Waals surface area contributed by atoms with E-state index in [1.54, 1.807) is 0 Å². The minimum atomic E-state index is -0.658. The first-order valence-electron chi connectivity index (χ1n) is 7.85. The Hall–Kier alpha value is -1.06. The van der Waals surface area contributed by atoms with Gasteiger partial charge in [-0.1, -0.05) is 46.8 Å². The van der Waals surface area contributed by atoms with Crippen molar-refractivity contribution in [2.24, 2.45) is 0 Å². The maximum absolute atomic E-state index is 9.61. The highest BCUT2D eigenvalue weighted by Crippen LogP contribution is 2.35. The molecule has 2 atom stereocenters. The molecule has 0 bridgehead atoms. The molecule has 21 heavy (non-hydrogen) atoms. The first-order valence-corrected chi connectivity index (χ1v) is 7.85.